The van der Waals surface area contributed by atoms with Crippen molar-refractivity contribution in [3.63, 3.8) is 0 Å². The monoisotopic (exact) mass is 263 g/mol. The highest BCUT2D eigenvalue weighted by atomic mass is 16.5. The lowest BCUT2D eigenvalue weighted by atomic mass is 9.82. The zero-order chi connectivity index (χ0) is 13.1. The molecule has 0 amide bonds. The number of hydrogen-bond donors (Lipinski definition) is 1. The van der Waals surface area contributed by atoms with Crippen molar-refractivity contribution in [1.82, 2.24) is 15.5 Å². The van der Waals surface area contributed by atoms with Crippen molar-refractivity contribution in [2.45, 2.75) is 76.8 Å². The average Bonchev–Trinajstić information content (AvgIpc) is 3.08. The van der Waals surface area contributed by atoms with Crippen LogP contribution in [0.5, 0.6) is 0 Å². The molecule has 1 aromatic heterocycles. The molecule has 0 aromatic carbocycles. The van der Waals surface area contributed by atoms with Crippen LogP contribution >= 0.6 is 0 Å². The number of nitrogens with one attached hydrogen (secondary N) is 1. The molecule has 1 heterocycles. The maximum atomic E-state index is 5.39. The molecule has 2 fully saturated rings. The second-order valence-electron chi connectivity index (χ2n) is 6.38. The SMILES string of the molecule is CC1CCCC(c2noc(CNC3CCCC3)n2)C1. The van der Waals surface area contributed by atoms with Crippen LogP contribution in [0.25, 0.3) is 0 Å². The van der Waals surface area contributed by atoms with Gasteiger partial charge in [0.05, 0.1) is 6.54 Å². The van der Waals surface area contributed by atoms with Crippen LogP contribution in [0.2, 0.25) is 0 Å². The minimum Gasteiger partial charge on any atom is -0.338 e. The molecular weight excluding hydrogens is 238 g/mol. The van der Waals surface area contributed by atoms with Gasteiger partial charge in [0.15, 0.2) is 5.82 Å². The predicted octanol–water partition coefficient (Wildman–Crippen LogP) is 3.40. The van der Waals surface area contributed by atoms with Crippen molar-refractivity contribution in [1.29, 1.82) is 0 Å². The van der Waals surface area contributed by atoms with E-state index in [1.807, 2.05) is 0 Å². The summed E-state index contributed by atoms with van der Waals surface area (Å²) < 4.78 is 5.39. The van der Waals surface area contributed by atoms with Crippen LogP contribution in [0, 0.1) is 5.92 Å². The molecule has 2 atom stereocenters. The van der Waals surface area contributed by atoms with E-state index in [1.165, 1.54) is 51.4 Å². The van der Waals surface area contributed by atoms with Gasteiger partial charge in [0, 0.05) is 12.0 Å². The van der Waals surface area contributed by atoms with Crippen LogP contribution in [0.4, 0.5) is 0 Å². The first kappa shape index (κ1) is 13.1. The molecule has 2 unspecified atom stereocenters. The Morgan fingerprint density at radius 3 is 2.79 bits per heavy atom. The Bertz CT molecular complexity index is 398. The lowest BCUT2D eigenvalue weighted by Crippen LogP contribution is -2.25. The largest absolute Gasteiger partial charge is 0.338 e. The van der Waals surface area contributed by atoms with E-state index in [1.54, 1.807) is 0 Å². The van der Waals surface area contributed by atoms with Gasteiger partial charge in [-0.05, 0) is 31.6 Å². The van der Waals surface area contributed by atoms with Crippen LogP contribution in [0.1, 0.15) is 75.9 Å². The van der Waals surface area contributed by atoms with Crippen LogP contribution in [-0.4, -0.2) is 16.2 Å². The van der Waals surface area contributed by atoms with Gasteiger partial charge in [0.2, 0.25) is 5.89 Å². The lowest BCUT2D eigenvalue weighted by Gasteiger charge is -2.23. The summed E-state index contributed by atoms with van der Waals surface area (Å²) in [5.74, 6) is 3.03. The van der Waals surface area contributed by atoms with Gasteiger partial charge in [-0.2, -0.15) is 4.98 Å². The fraction of sp³-hybridized carbons (Fsp3) is 0.867. The molecule has 1 aromatic rings. The van der Waals surface area contributed by atoms with Gasteiger partial charge < -0.3 is 9.84 Å². The third kappa shape index (κ3) is 3.35. The quantitative estimate of drug-likeness (QED) is 0.904. The van der Waals surface area contributed by atoms with Gasteiger partial charge >= 0.3 is 0 Å². The van der Waals surface area contributed by atoms with Gasteiger partial charge in [0.25, 0.3) is 0 Å². The van der Waals surface area contributed by atoms with Gasteiger partial charge in [-0.15, -0.1) is 0 Å². The maximum Gasteiger partial charge on any atom is 0.240 e. The zero-order valence-electron chi connectivity index (χ0n) is 11.9. The minimum atomic E-state index is 0.521. The molecule has 0 spiro atoms. The molecule has 2 aliphatic carbocycles. The normalized spacial score (nSPS) is 28.9. The van der Waals surface area contributed by atoms with E-state index >= 15 is 0 Å². The predicted molar refractivity (Wildman–Crippen MR) is 73.8 cm³/mol. The Kier molecular flexibility index (Phi) is 4.16. The van der Waals surface area contributed by atoms with Crippen LogP contribution in [0.15, 0.2) is 4.52 Å². The number of aromatic nitrogens is 2. The fourth-order valence-electron chi connectivity index (χ4n) is 3.54. The van der Waals surface area contributed by atoms with Gasteiger partial charge in [-0.25, -0.2) is 0 Å². The molecule has 0 radical (unpaired) electrons. The summed E-state index contributed by atoms with van der Waals surface area (Å²) >= 11 is 0. The topological polar surface area (TPSA) is 51.0 Å². The Balaban J connectivity index is 1.53. The van der Waals surface area contributed by atoms with E-state index in [2.05, 4.69) is 22.4 Å². The highest BCUT2D eigenvalue weighted by molar-refractivity contribution is 4.98. The highest BCUT2D eigenvalue weighted by Gasteiger charge is 2.24. The van der Waals surface area contributed by atoms with Crippen LogP contribution in [-0.2, 0) is 6.54 Å². The molecule has 0 bridgehead atoms. The second-order valence-corrected chi connectivity index (χ2v) is 6.38. The average molecular weight is 263 g/mol. The summed E-state index contributed by atoms with van der Waals surface area (Å²) in [5.41, 5.74) is 0. The first-order valence-corrected chi connectivity index (χ1v) is 7.87. The Hall–Kier alpha value is -0.900. The van der Waals surface area contributed by atoms with Gasteiger partial charge in [-0.3, -0.25) is 0 Å². The Labute approximate surface area is 115 Å². The summed E-state index contributed by atoms with van der Waals surface area (Å²) in [6, 6.07) is 0.657. The Morgan fingerprint density at radius 1 is 1.16 bits per heavy atom. The smallest absolute Gasteiger partial charge is 0.240 e. The number of rotatable bonds is 4. The van der Waals surface area contributed by atoms with E-state index < -0.39 is 0 Å². The Morgan fingerprint density at radius 2 is 2.00 bits per heavy atom. The number of nitrogens with zero attached hydrogens (tertiary/aromatic N) is 2. The van der Waals surface area contributed by atoms with Crippen molar-refractivity contribution in [3.8, 4) is 0 Å². The van der Waals surface area contributed by atoms with Gasteiger partial charge in [-0.1, -0.05) is 37.8 Å². The first-order chi connectivity index (χ1) is 9.31. The molecular formula is C15H25N3O. The molecule has 106 valence electrons. The zero-order valence-corrected chi connectivity index (χ0v) is 11.9. The van der Waals surface area contributed by atoms with Crippen LogP contribution in [0.3, 0.4) is 0 Å². The van der Waals surface area contributed by atoms with Crippen LogP contribution < -0.4 is 5.32 Å². The fourth-order valence-corrected chi connectivity index (χ4v) is 3.54. The molecule has 0 aliphatic heterocycles. The molecule has 3 rings (SSSR count). The second kappa shape index (κ2) is 6.04. The van der Waals surface area contributed by atoms with E-state index in [4.69, 9.17) is 4.52 Å². The van der Waals surface area contributed by atoms with E-state index in [9.17, 15) is 0 Å². The molecule has 0 saturated heterocycles. The van der Waals surface area contributed by atoms with E-state index in [-0.39, 0.29) is 0 Å². The molecule has 1 N–H and O–H groups in total. The highest BCUT2D eigenvalue weighted by Crippen LogP contribution is 2.34. The third-order valence-electron chi connectivity index (χ3n) is 4.68. The summed E-state index contributed by atoms with van der Waals surface area (Å²) in [7, 11) is 0. The standard InChI is InChI=1S/C15H25N3O/c1-11-5-4-6-12(9-11)15-17-14(19-18-15)10-16-13-7-2-3-8-13/h11-13,16H,2-10H2,1H3. The van der Waals surface area contributed by atoms with E-state index in [0.29, 0.717) is 12.0 Å². The molecule has 4 nitrogen and oxygen atoms in total. The summed E-state index contributed by atoms with van der Waals surface area (Å²) in [4.78, 5) is 4.59. The van der Waals surface area contributed by atoms with Crippen molar-refractivity contribution < 1.29 is 4.52 Å². The van der Waals surface area contributed by atoms with Gasteiger partial charge in [0.1, 0.15) is 0 Å². The third-order valence-corrected chi connectivity index (χ3v) is 4.68. The van der Waals surface area contributed by atoms with E-state index in [0.717, 1.165) is 24.2 Å². The maximum absolute atomic E-state index is 5.39. The molecule has 19 heavy (non-hydrogen) atoms. The summed E-state index contributed by atoms with van der Waals surface area (Å²) in [6.45, 7) is 3.06. The number of hydrogen-bond acceptors (Lipinski definition) is 4. The lowest BCUT2D eigenvalue weighted by molar-refractivity contribution is 0.317. The van der Waals surface area contributed by atoms with Crippen molar-refractivity contribution in [3.05, 3.63) is 11.7 Å². The molecule has 4 heteroatoms. The summed E-state index contributed by atoms with van der Waals surface area (Å²) in [5, 5.41) is 7.72. The molecule has 2 saturated carbocycles. The van der Waals surface area contributed by atoms with Crippen molar-refractivity contribution in [2.75, 3.05) is 0 Å². The molecule has 2 aliphatic rings. The first-order valence-electron chi connectivity index (χ1n) is 7.87. The summed E-state index contributed by atoms with van der Waals surface area (Å²) in [6.07, 6.45) is 10.4. The van der Waals surface area contributed by atoms with Crippen molar-refractivity contribution in [2.24, 2.45) is 5.92 Å². The van der Waals surface area contributed by atoms with Crippen molar-refractivity contribution >= 4 is 0 Å². The minimum absolute atomic E-state index is 0.521.